The Labute approximate surface area is 96.4 Å². The third kappa shape index (κ3) is 4.72. The molecule has 16 heavy (non-hydrogen) atoms. The SMILES string of the molecule is COC(C)Cc1noc(CCC(C)(C)N)n1. The van der Waals surface area contributed by atoms with Crippen molar-refractivity contribution in [3.05, 3.63) is 11.7 Å². The molecule has 5 heteroatoms. The van der Waals surface area contributed by atoms with Crippen molar-refractivity contribution in [3.63, 3.8) is 0 Å². The standard InChI is InChI=1S/C11H21N3O2/c1-8(15-4)7-9-13-10(16-14-9)5-6-11(2,3)12/h8H,5-7,12H2,1-4H3. The molecular weight excluding hydrogens is 206 g/mol. The van der Waals surface area contributed by atoms with Crippen LogP contribution in [0.15, 0.2) is 4.52 Å². The van der Waals surface area contributed by atoms with E-state index < -0.39 is 0 Å². The van der Waals surface area contributed by atoms with Crippen LogP contribution in [0.25, 0.3) is 0 Å². The van der Waals surface area contributed by atoms with Gasteiger partial charge in [0, 0.05) is 25.5 Å². The first-order chi connectivity index (χ1) is 7.40. The molecule has 0 spiro atoms. The van der Waals surface area contributed by atoms with Gasteiger partial charge in [0.2, 0.25) is 5.89 Å². The van der Waals surface area contributed by atoms with E-state index >= 15 is 0 Å². The fourth-order valence-electron chi connectivity index (χ4n) is 1.24. The molecule has 1 rings (SSSR count). The molecule has 1 heterocycles. The van der Waals surface area contributed by atoms with Crippen molar-refractivity contribution < 1.29 is 9.26 Å². The first-order valence-corrected chi connectivity index (χ1v) is 5.54. The van der Waals surface area contributed by atoms with Crippen molar-refractivity contribution in [2.45, 2.75) is 51.7 Å². The number of hydrogen-bond acceptors (Lipinski definition) is 5. The van der Waals surface area contributed by atoms with Crippen molar-refractivity contribution in [2.24, 2.45) is 5.73 Å². The maximum absolute atomic E-state index is 5.88. The lowest BCUT2D eigenvalue weighted by Crippen LogP contribution is -2.32. The molecule has 2 N–H and O–H groups in total. The Morgan fingerprint density at radius 3 is 2.75 bits per heavy atom. The molecule has 0 aliphatic carbocycles. The summed E-state index contributed by atoms with van der Waals surface area (Å²) in [5.74, 6) is 1.34. The maximum Gasteiger partial charge on any atom is 0.226 e. The van der Waals surface area contributed by atoms with Gasteiger partial charge in [0.25, 0.3) is 0 Å². The number of ether oxygens (including phenoxy) is 1. The van der Waals surface area contributed by atoms with E-state index in [1.165, 1.54) is 0 Å². The summed E-state index contributed by atoms with van der Waals surface area (Å²) in [5.41, 5.74) is 5.68. The van der Waals surface area contributed by atoms with Crippen LogP contribution in [0, 0.1) is 0 Å². The normalized spacial score (nSPS) is 14.1. The van der Waals surface area contributed by atoms with Gasteiger partial charge in [0.15, 0.2) is 5.82 Å². The first-order valence-electron chi connectivity index (χ1n) is 5.54. The highest BCUT2D eigenvalue weighted by Crippen LogP contribution is 2.10. The van der Waals surface area contributed by atoms with Crippen molar-refractivity contribution in [1.29, 1.82) is 0 Å². The number of hydrogen-bond donors (Lipinski definition) is 1. The number of aryl methyl sites for hydroxylation is 1. The predicted molar refractivity (Wildman–Crippen MR) is 61.1 cm³/mol. The van der Waals surface area contributed by atoms with Crippen LogP contribution in [0.4, 0.5) is 0 Å². The molecule has 1 aromatic rings. The maximum atomic E-state index is 5.88. The smallest absolute Gasteiger partial charge is 0.226 e. The van der Waals surface area contributed by atoms with E-state index in [4.69, 9.17) is 15.0 Å². The van der Waals surface area contributed by atoms with Crippen molar-refractivity contribution in [2.75, 3.05) is 7.11 Å². The molecule has 5 nitrogen and oxygen atoms in total. The van der Waals surface area contributed by atoms with Gasteiger partial charge in [-0.2, -0.15) is 4.98 Å². The molecule has 92 valence electrons. The number of aromatic nitrogens is 2. The Kier molecular flexibility index (Phi) is 4.44. The molecule has 1 unspecified atom stereocenters. The zero-order chi connectivity index (χ0) is 12.2. The minimum absolute atomic E-state index is 0.108. The average molecular weight is 227 g/mol. The van der Waals surface area contributed by atoms with E-state index in [1.54, 1.807) is 7.11 Å². The van der Waals surface area contributed by atoms with Gasteiger partial charge in [-0.15, -0.1) is 0 Å². The minimum atomic E-state index is -0.200. The van der Waals surface area contributed by atoms with Gasteiger partial charge in [-0.25, -0.2) is 0 Å². The second kappa shape index (κ2) is 5.41. The first kappa shape index (κ1) is 13.1. The van der Waals surface area contributed by atoms with Gasteiger partial charge in [-0.05, 0) is 27.2 Å². The predicted octanol–water partition coefficient (Wildman–Crippen LogP) is 1.32. The average Bonchev–Trinajstić information content (AvgIpc) is 2.61. The van der Waals surface area contributed by atoms with E-state index in [1.807, 2.05) is 20.8 Å². The van der Waals surface area contributed by atoms with Gasteiger partial charge in [-0.1, -0.05) is 5.16 Å². The third-order valence-electron chi connectivity index (χ3n) is 2.37. The minimum Gasteiger partial charge on any atom is -0.381 e. The van der Waals surface area contributed by atoms with E-state index in [-0.39, 0.29) is 11.6 Å². The Balaban J connectivity index is 2.45. The molecule has 0 aliphatic rings. The number of methoxy groups -OCH3 is 1. The summed E-state index contributed by atoms with van der Waals surface area (Å²) in [7, 11) is 1.67. The van der Waals surface area contributed by atoms with Crippen molar-refractivity contribution in [3.8, 4) is 0 Å². The monoisotopic (exact) mass is 227 g/mol. The van der Waals surface area contributed by atoms with Crippen molar-refractivity contribution >= 4 is 0 Å². The molecule has 0 saturated heterocycles. The Morgan fingerprint density at radius 1 is 1.50 bits per heavy atom. The Hall–Kier alpha value is -0.940. The summed E-state index contributed by atoms with van der Waals surface area (Å²) in [4.78, 5) is 4.29. The number of nitrogens with two attached hydrogens (primary N) is 1. The lowest BCUT2D eigenvalue weighted by molar-refractivity contribution is 0.116. The van der Waals surface area contributed by atoms with Crippen LogP contribution in [0.3, 0.4) is 0 Å². The van der Waals surface area contributed by atoms with Crippen LogP contribution in [-0.2, 0) is 17.6 Å². The molecular formula is C11H21N3O2. The van der Waals surface area contributed by atoms with Crippen LogP contribution in [0.1, 0.15) is 38.9 Å². The molecule has 0 amide bonds. The van der Waals surface area contributed by atoms with Gasteiger partial charge in [-0.3, -0.25) is 0 Å². The van der Waals surface area contributed by atoms with Crippen LogP contribution in [-0.4, -0.2) is 28.9 Å². The fraction of sp³-hybridized carbons (Fsp3) is 0.818. The summed E-state index contributed by atoms with van der Waals surface area (Å²) in [5, 5.41) is 3.90. The highest BCUT2D eigenvalue weighted by molar-refractivity contribution is 4.90. The largest absolute Gasteiger partial charge is 0.381 e. The van der Waals surface area contributed by atoms with Gasteiger partial charge in [0.05, 0.1) is 6.10 Å². The van der Waals surface area contributed by atoms with Crippen LogP contribution >= 0.6 is 0 Å². The summed E-state index contributed by atoms with van der Waals surface area (Å²) in [6.45, 7) is 5.94. The zero-order valence-corrected chi connectivity index (χ0v) is 10.5. The zero-order valence-electron chi connectivity index (χ0n) is 10.5. The van der Waals surface area contributed by atoms with Gasteiger partial charge in [0.1, 0.15) is 0 Å². The highest BCUT2D eigenvalue weighted by Gasteiger charge is 2.14. The van der Waals surface area contributed by atoms with E-state index in [9.17, 15) is 0 Å². The Bertz CT molecular complexity index is 317. The van der Waals surface area contributed by atoms with Crippen LogP contribution in [0.5, 0.6) is 0 Å². The van der Waals surface area contributed by atoms with Crippen LogP contribution in [0.2, 0.25) is 0 Å². The van der Waals surface area contributed by atoms with Gasteiger partial charge < -0.3 is 15.0 Å². The summed E-state index contributed by atoms with van der Waals surface area (Å²) >= 11 is 0. The topological polar surface area (TPSA) is 74.2 Å². The van der Waals surface area contributed by atoms with Crippen molar-refractivity contribution in [1.82, 2.24) is 10.1 Å². The lowest BCUT2D eigenvalue weighted by atomic mass is 10.0. The molecule has 0 fully saturated rings. The highest BCUT2D eigenvalue weighted by atomic mass is 16.5. The quantitative estimate of drug-likeness (QED) is 0.793. The number of rotatable bonds is 6. The number of nitrogens with zero attached hydrogens (tertiary/aromatic N) is 2. The molecule has 1 atom stereocenters. The summed E-state index contributed by atoms with van der Waals surface area (Å²) in [6, 6.07) is 0. The molecule has 0 saturated carbocycles. The molecule has 0 radical (unpaired) electrons. The fourth-order valence-corrected chi connectivity index (χ4v) is 1.24. The molecule has 0 bridgehead atoms. The van der Waals surface area contributed by atoms with Gasteiger partial charge >= 0.3 is 0 Å². The molecule has 0 aliphatic heterocycles. The molecule has 1 aromatic heterocycles. The second-order valence-electron chi connectivity index (χ2n) is 4.84. The second-order valence-corrected chi connectivity index (χ2v) is 4.84. The Morgan fingerprint density at radius 2 is 2.19 bits per heavy atom. The molecule has 0 aromatic carbocycles. The van der Waals surface area contributed by atoms with Crippen LogP contribution < -0.4 is 5.73 Å². The van der Waals surface area contributed by atoms with E-state index in [0.717, 1.165) is 12.8 Å². The van der Waals surface area contributed by atoms with E-state index in [0.29, 0.717) is 18.1 Å². The summed E-state index contributed by atoms with van der Waals surface area (Å²) < 4.78 is 10.3. The third-order valence-corrected chi connectivity index (χ3v) is 2.37. The summed E-state index contributed by atoms with van der Waals surface area (Å²) in [6.07, 6.45) is 2.33. The van der Waals surface area contributed by atoms with E-state index in [2.05, 4.69) is 10.1 Å². The lowest BCUT2D eigenvalue weighted by Gasteiger charge is -2.16.